The highest BCUT2D eigenvalue weighted by atomic mass is 15.1. The first kappa shape index (κ1) is 15.1. The average molecular weight is 318 g/mol. The molecule has 1 atom stereocenters. The molecule has 1 unspecified atom stereocenters. The standard InChI is InChI=1S/C20H22N4/c1-2-3-8-20(9-11-21-14-20)16-6-4-5-15(12-16)17-7-10-22-19-18(17)13-23-24-19/h3-8,10,12-13,21H,2,9,11,14H2,1H3,(H,22,23,24)/b8-3-. The van der Waals surface area contributed by atoms with E-state index in [-0.39, 0.29) is 5.41 Å². The van der Waals surface area contributed by atoms with Crippen molar-refractivity contribution in [1.29, 1.82) is 0 Å². The van der Waals surface area contributed by atoms with E-state index < -0.39 is 0 Å². The maximum Gasteiger partial charge on any atom is 0.155 e. The quantitative estimate of drug-likeness (QED) is 0.719. The van der Waals surface area contributed by atoms with Crippen molar-refractivity contribution in [2.24, 2.45) is 0 Å². The van der Waals surface area contributed by atoms with Crippen molar-refractivity contribution in [3.8, 4) is 11.1 Å². The Bertz CT molecular complexity index is 872. The summed E-state index contributed by atoms with van der Waals surface area (Å²) in [6.45, 7) is 4.26. The summed E-state index contributed by atoms with van der Waals surface area (Å²) in [5.41, 5.74) is 4.71. The van der Waals surface area contributed by atoms with Gasteiger partial charge in [0.1, 0.15) is 0 Å². The molecule has 122 valence electrons. The van der Waals surface area contributed by atoms with Crippen molar-refractivity contribution in [3.05, 3.63) is 60.4 Å². The van der Waals surface area contributed by atoms with Crippen LogP contribution in [0.25, 0.3) is 22.2 Å². The van der Waals surface area contributed by atoms with Gasteiger partial charge in [0.15, 0.2) is 5.65 Å². The Hall–Kier alpha value is -2.46. The molecule has 2 aromatic heterocycles. The minimum atomic E-state index is 0.106. The van der Waals surface area contributed by atoms with Crippen LogP contribution in [0.4, 0.5) is 0 Å². The van der Waals surface area contributed by atoms with E-state index in [2.05, 4.69) is 69.9 Å². The van der Waals surface area contributed by atoms with Crippen LogP contribution in [0.1, 0.15) is 25.3 Å². The fourth-order valence-corrected chi connectivity index (χ4v) is 3.64. The van der Waals surface area contributed by atoms with E-state index in [1.54, 1.807) is 0 Å². The van der Waals surface area contributed by atoms with Crippen molar-refractivity contribution in [2.45, 2.75) is 25.2 Å². The van der Waals surface area contributed by atoms with Crippen LogP contribution >= 0.6 is 0 Å². The minimum Gasteiger partial charge on any atom is -0.315 e. The Labute approximate surface area is 142 Å². The van der Waals surface area contributed by atoms with E-state index in [1.807, 2.05) is 12.4 Å². The molecular weight excluding hydrogens is 296 g/mol. The molecule has 3 heterocycles. The molecular formula is C20H22N4. The van der Waals surface area contributed by atoms with E-state index >= 15 is 0 Å². The predicted molar refractivity (Wildman–Crippen MR) is 97.9 cm³/mol. The molecule has 0 spiro atoms. The highest BCUT2D eigenvalue weighted by molar-refractivity contribution is 5.92. The lowest BCUT2D eigenvalue weighted by Gasteiger charge is -2.26. The average Bonchev–Trinajstić information content (AvgIpc) is 3.30. The summed E-state index contributed by atoms with van der Waals surface area (Å²) in [4.78, 5) is 4.34. The summed E-state index contributed by atoms with van der Waals surface area (Å²) < 4.78 is 0. The van der Waals surface area contributed by atoms with Crippen molar-refractivity contribution in [3.63, 3.8) is 0 Å². The van der Waals surface area contributed by atoms with E-state index in [0.29, 0.717) is 0 Å². The van der Waals surface area contributed by atoms with E-state index in [0.717, 1.165) is 37.0 Å². The lowest BCUT2D eigenvalue weighted by atomic mass is 9.78. The molecule has 4 rings (SSSR count). The summed E-state index contributed by atoms with van der Waals surface area (Å²) in [5, 5.41) is 11.7. The number of allylic oxidation sites excluding steroid dienone is 1. The monoisotopic (exact) mass is 318 g/mol. The third kappa shape index (κ3) is 2.53. The fraction of sp³-hybridized carbons (Fsp3) is 0.300. The van der Waals surface area contributed by atoms with E-state index in [9.17, 15) is 0 Å². The van der Waals surface area contributed by atoms with Crippen LogP contribution in [0.2, 0.25) is 0 Å². The molecule has 2 N–H and O–H groups in total. The Morgan fingerprint density at radius 2 is 2.25 bits per heavy atom. The zero-order valence-corrected chi connectivity index (χ0v) is 13.9. The highest BCUT2D eigenvalue weighted by Crippen LogP contribution is 2.35. The molecule has 0 radical (unpaired) electrons. The zero-order chi connectivity index (χ0) is 16.4. The van der Waals surface area contributed by atoms with E-state index in [1.165, 1.54) is 16.7 Å². The zero-order valence-electron chi connectivity index (χ0n) is 13.9. The van der Waals surface area contributed by atoms with Crippen LogP contribution in [0, 0.1) is 0 Å². The number of nitrogens with zero attached hydrogens (tertiary/aromatic N) is 2. The van der Waals surface area contributed by atoms with Gasteiger partial charge in [0.25, 0.3) is 0 Å². The third-order valence-corrected chi connectivity index (χ3v) is 4.96. The molecule has 1 fully saturated rings. The number of hydrogen-bond acceptors (Lipinski definition) is 3. The van der Waals surface area contributed by atoms with Gasteiger partial charge in [-0.05, 0) is 42.1 Å². The van der Waals surface area contributed by atoms with E-state index in [4.69, 9.17) is 0 Å². The molecule has 4 heteroatoms. The van der Waals surface area contributed by atoms with Crippen molar-refractivity contribution in [2.75, 3.05) is 13.1 Å². The van der Waals surface area contributed by atoms with Crippen molar-refractivity contribution in [1.82, 2.24) is 20.5 Å². The molecule has 0 bridgehead atoms. The second kappa shape index (κ2) is 6.21. The summed E-state index contributed by atoms with van der Waals surface area (Å²) >= 11 is 0. The van der Waals surface area contributed by atoms with Crippen LogP contribution in [-0.4, -0.2) is 28.3 Å². The van der Waals surface area contributed by atoms with Gasteiger partial charge in [0, 0.05) is 23.5 Å². The maximum atomic E-state index is 4.34. The van der Waals surface area contributed by atoms with Gasteiger partial charge in [0.05, 0.1) is 6.20 Å². The Kier molecular flexibility index (Phi) is 3.90. The molecule has 0 saturated carbocycles. The SMILES string of the molecule is CC/C=C\C1(c2cccc(-c3ccnc4[nH]ncc34)c2)CCNC1. The number of hydrogen-bond donors (Lipinski definition) is 2. The molecule has 1 saturated heterocycles. The number of nitrogens with one attached hydrogen (secondary N) is 2. The molecule has 1 aliphatic rings. The van der Waals surface area contributed by atoms with Gasteiger partial charge in [-0.15, -0.1) is 0 Å². The summed E-state index contributed by atoms with van der Waals surface area (Å²) in [7, 11) is 0. The van der Waals surface area contributed by atoms with Gasteiger partial charge in [-0.2, -0.15) is 5.10 Å². The molecule has 0 amide bonds. The molecule has 1 aromatic carbocycles. The second-order valence-corrected chi connectivity index (χ2v) is 6.47. The normalized spacial score (nSPS) is 21.0. The van der Waals surface area contributed by atoms with Crippen molar-refractivity contribution >= 4 is 11.0 Å². The van der Waals surface area contributed by atoms with Crippen LogP contribution in [-0.2, 0) is 5.41 Å². The number of aromatic amines is 1. The number of pyridine rings is 1. The van der Waals surface area contributed by atoms with Crippen LogP contribution in [0.5, 0.6) is 0 Å². The van der Waals surface area contributed by atoms with Gasteiger partial charge < -0.3 is 5.32 Å². The predicted octanol–water partition coefficient (Wildman–Crippen LogP) is 3.82. The number of fused-ring (bicyclic) bond motifs is 1. The Balaban J connectivity index is 1.81. The molecule has 24 heavy (non-hydrogen) atoms. The van der Waals surface area contributed by atoms with Gasteiger partial charge in [-0.25, -0.2) is 4.98 Å². The van der Waals surface area contributed by atoms with Crippen molar-refractivity contribution < 1.29 is 0 Å². The molecule has 4 nitrogen and oxygen atoms in total. The third-order valence-electron chi connectivity index (χ3n) is 4.96. The smallest absolute Gasteiger partial charge is 0.155 e. The summed E-state index contributed by atoms with van der Waals surface area (Å²) in [5.74, 6) is 0. The number of aromatic nitrogens is 3. The van der Waals surface area contributed by atoms with Gasteiger partial charge >= 0.3 is 0 Å². The first-order chi connectivity index (χ1) is 11.8. The van der Waals surface area contributed by atoms with Crippen LogP contribution in [0.3, 0.4) is 0 Å². The van der Waals surface area contributed by atoms with Gasteiger partial charge in [0.2, 0.25) is 0 Å². The molecule has 0 aliphatic carbocycles. The molecule has 1 aliphatic heterocycles. The lowest BCUT2D eigenvalue weighted by Crippen LogP contribution is -2.26. The lowest BCUT2D eigenvalue weighted by molar-refractivity contribution is 0.593. The first-order valence-electron chi connectivity index (χ1n) is 8.60. The fourth-order valence-electron chi connectivity index (χ4n) is 3.64. The largest absolute Gasteiger partial charge is 0.315 e. The maximum absolute atomic E-state index is 4.34. The van der Waals surface area contributed by atoms with Crippen LogP contribution in [0.15, 0.2) is 54.9 Å². The van der Waals surface area contributed by atoms with Gasteiger partial charge in [-0.3, -0.25) is 5.10 Å². The topological polar surface area (TPSA) is 53.6 Å². The number of H-pyrrole nitrogens is 1. The highest BCUT2D eigenvalue weighted by Gasteiger charge is 2.33. The number of rotatable bonds is 4. The number of benzene rings is 1. The summed E-state index contributed by atoms with van der Waals surface area (Å²) in [6.07, 6.45) is 10.6. The summed E-state index contributed by atoms with van der Waals surface area (Å²) in [6, 6.07) is 11.0. The van der Waals surface area contributed by atoms with Crippen LogP contribution < -0.4 is 5.32 Å². The first-order valence-corrected chi connectivity index (χ1v) is 8.60. The minimum absolute atomic E-state index is 0.106. The second-order valence-electron chi connectivity index (χ2n) is 6.47. The van der Waals surface area contributed by atoms with Gasteiger partial charge in [-0.1, -0.05) is 43.3 Å². The molecule has 3 aromatic rings. The Morgan fingerprint density at radius 1 is 1.29 bits per heavy atom. The Morgan fingerprint density at radius 3 is 3.08 bits per heavy atom.